The fraction of sp³-hybridized carbons (Fsp3) is 0.179. The molecule has 3 aromatic rings. The Labute approximate surface area is 220 Å². The molecule has 11 heteroatoms. The highest BCUT2D eigenvalue weighted by molar-refractivity contribution is 6.11. The highest BCUT2D eigenvalue weighted by Crippen LogP contribution is 2.40. The largest absolute Gasteiger partial charge is 0.485 e. The van der Waals surface area contributed by atoms with Crippen LogP contribution in [0, 0.1) is 10.1 Å². The maximum absolute atomic E-state index is 13.4. The van der Waals surface area contributed by atoms with Gasteiger partial charge in [0.25, 0.3) is 0 Å². The van der Waals surface area contributed by atoms with Gasteiger partial charge in [0.15, 0.2) is 23.0 Å². The number of halogens is 3. The standard InChI is InChI=1S/C28H21F3N2O6/c29-28(30,31)27-21(23(34)11-12-32-27)15-24(35)20-13-22(33(36)37)26(39-17-19-9-5-2-6-10-19)25(14-20)38-16-18-7-3-1-4-8-18/h1-10,12-14H,11,15-17H2. The summed E-state index contributed by atoms with van der Waals surface area (Å²) < 4.78 is 51.9. The smallest absolute Gasteiger partial charge is 0.433 e. The number of hydrogen-bond acceptors (Lipinski definition) is 7. The fourth-order valence-electron chi connectivity index (χ4n) is 3.84. The monoisotopic (exact) mass is 538 g/mol. The Morgan fingerprint density at radius 1 is 0.949 bits per heavy atom. The minimum atomic E-state index is -4.95. The second-order valence-electron chi connectivity index (χ2n) is 8.49. The van der Waals surface area contributed by atoms with E-state index in [4.69, 9.17) is 9.47 Å². The molecular formula is C28H21F3N2O6. The number of hydrogen-bond donors (Lipinski definition) is 0. The van der Waals surface area contributed by atoms with E-state index in [0.29, 0.717) is 5.56 Å². The molecule has 1 aliphatic rings. The van der Waals surface area contributed by atoms with Crippen LogP contribution in [0.25, 0.3) is 0 Å². The van der Waals surface area contributed by atoms with Crippen LogP contribution in [0.5, 0.6) is 11.5 Å². The summed E-state index contributed by atoms with van der Waals surface area (Å²) in [6.45, 7) is -0.0844. The predicted octanol–water partition coefficient (Wildman–Crippen LogP) is 6.19. The van der Waals surface area contributed by atoms with Crippen molar-refractivity contribution >= 4 is 23.5 Å². The summed E-state index contributed by atoms with van der Waals surface area (Å²) in [5.74, 6) is -2.24. The van der Waals surface area contributed by atoms with E-state index in [0.717, 1.165) is 17.8 Å². The molecule has 200 valence electrons. The number of carbonyl (C=O) groups excluding carboxylic acids is 2. The molecule has 1 aliphatic heterocycles. The van der Waals surface area contributed by atoms with Crippen molar-refractivity contribution in [3.05, 3.63) is 111 Å². The molecule has 0 atom stereocenters. The number of rotatable bonds is 10. The number of alkyl halides is 3. The molecule has 0 unspecified atom stereocenters. The van der Waals surface area contributed by atoms with Crippen molar-refractivity contribution in [2.24, 2.45) is 4.99 Å². The van der Waals surface area contributed by atoms with Gasteiger partial charge < -0.3 is 9.47 Å². The molecular weight excluding hydrogens is 517 g/mol. The molecule has 0 bridgehead atoms. The molecule has 0 aromatic heterocycles. The summed E-state index contributed by atoms with van der Waals surface area (Å²) in [7, 11) is 0. The zero-order chi connectivity index (χ0) is 28.0. The van der Waals surface area contributed by atoms with Crippen molar-refractivity contribution in [2.45, 2.75) is 32.2 Å². The quantitative estimate of drug-likeness (QED) is 0.173. The first-order chi connectivity index (χ1) is 18.6. The Kier molecular flexibility index (Phi) is 8.18. The lowest BCUT2D eigenvalue weighted by molar-refractivity contribution is -0.386. The van der Waals surface area contributed by atoms with Crippen LogP contribution in [0.4, 0.5) is 18.9 Å². The minimum absolute atomic E-state index is 0.0338. The summed E-state index contributed by atoms with van der Waals surface area (Å²) in [5.41, 5.74) is -1.75. The van der Waals surface area contributed by atoms with Gasteiger partial charge in [0.1, 0.15) is 13.2 Å². The number of nitrogens with zero attached hydrogens (tertiary/aromatic N) is 2. The number of aliphatic imine (C=N–C) groups is 1. The van der Waals surface area contributed by atoms with Crippen molar-refractivity contribution < 1.29 is 37.2 Å². The van der Waals surface area contributed by atoms with Crippen molar-refractivity contribution in [3.8, 4) is 11.5 Å². The van der Waals surface area contributed by atoms with Crippen LogP contribution in [0.2, 0.25) is 0 Å². The van der Waals surface area contributed by atoms with Crippen LogP contribution in [-0.2, 0) is 18.0 Å². The third kappa shape index (κ3) is 6.75. The first kappa shape index (κ1) is 27.2. The van der Waals surface area contributed by atoms with E-state index in [-0.39, 0.29) is 36.7 Å². The molecule has 8 nitrogen and oxygen atoms in total. The predicted molar refractivity (Wildman–Crippen MR) is 135 cm³/mol. The molecule has 0 saturated carbocycles. The van der Waals surface area contributed by atoms with E-state index in [1.54, 1.807) is 60.7 Å². The molecule has 0 amide bonds. The molecule has 4 rings (SSSR count). The lowest BCUT2D eigenvalue weighted by Crippen LogP contribution is -2.22. The van der Waals surface area contributed by atoms with E-state index >= 15 is 0 Å². The highest BCUT2D eigenvalue weighted by Gasteiger charge is 2.40. The number of ether oxygens (including phenoxy) is 2. The molecule has 3 aromatic carbocycles. The van der Waals surface area contributed by atoms with E-state index < -0.39 is 46.0 Å². The van der Waals surface area contributed by atoms with Gasteiger partial charge in [-0.15, -0.1) is 0 Å². The van der Waals surface area contributed by atoms with Gasteiger partial charge in [0.2, 0.25) is 5.75 Å². The number of allylic oxidation sites excluding steroid dienone is 2. The number of Topliss-reactive ketones (excluding diaryl/α,β-unsaturated/α-hetero) is 2. The third-order valence-corrected chi connectivity index (χ3v) is 5.74. The van der Waals surface area contributed by atoms with Crippen molar-refractivity contribution in [1.29, 1.82) is 0 Å². The van der Waals surface area contributed by atoms with Crippen LogP contribution in [-0.4, -0.2) is 28.9 Å². The van der Waals surface area contributed by atoms with Gasteiger partial charge >= 0.3 is 11.9 Å². The van der Waals surface area contributed by atoms with Crippen LogP contribution in [0.3, 0.4) is 0 Å². The van der Waals surface area contributed by atoms with E-state index in [1.165, 1.54) is 6.07 Å². The summed E-state index contributed by atoms with van der Waals surface area (Å²) in [5, 5.41) is 12.0. The molecule has 0 spiro atoms. The molecule has 0 saturated heterocycles. The molecule has 0 N–H and O–H groups in total. The van der Waals surface area contributed by atoms with Gasteiger partial charge in [-0.3, -0.25) is 24.7 Å². The number of carbonyl (C=O) groups is 2. The van der Waals surface area contributed by atoms with Crippen molar-refractivity contribution in [3.63, 3.8) is 0 Å². The average Bonchev–Trinajstić information content (AvgIpc) is 2.92. The molecule has 1 heterocycles. The molecule has 0 aliphatic carbocycles. The Hall–Kier alpha value is -4.80. The van der Waals surface area contributed by atoms with Gasteiger partial charge in [-0.05, 0) is 17.2 Å². The van der Waals surface area contributed by atoms with Gasteiger partial charge in [-0.25, -0.2) is 0 Å². The zero-order valence-electron chi connectivity index (χ0n) is 20.3. The Morgan fingerprint density at radius 2 is 1.54 bits per heavy atom. The van der Waals surface area contributed by atoms with Crippen LogP contribution < -0.4 is 9.47 Å². The lowest BCUT2D eigenvalue weighted by Gasteiger charge is -2.17. The number of ketones is 2. The number of nitro groups is 1. The van der Waals surface area contributed by atoms with Gasteiger partial charge in [0.05, 0.1) is 4.92 Å². The van der Waals surface area contributed by atoms with E-state index in [1.807, 2.05) is 0 Å². The molecule has 0 fully saturated rings. The van der Waals surface area contributed by atoms with Gasteiger partial charge in [-0.2, -0.15) is 13.2 Å². The van der Waals surface area contributed by atoms with Gasteiger partial charge in [0, 0.05) is 36.3 Å². The van der Waals surface area contributed by atoms with E-state index in [2.05, 4.69) is 4.99 Å². The Morgan fingerprint density at radius 3 is 2.10 bits per heavy atom. The van der Waals surface area contributed by atoms with Crippen molar-refractivity contribution in [1.82, 2.24) is 0 Å². The normalized spacial score (nSPS) is 13.4. The summed E-state index contributed by atoms with van der Waals surface area (Å²) in [4.78, 5) is 39.8. The average molecular weight is 538 g/mol. The first-order valence-corrected chi connectivity index (χ1v) is 11.7. The molecule has 0 radical (unpaired) electrons. The SMILES string of the molecule is O=C1CC=NC(C(F)(F)F)=C1CC(=O)c1cc(OCc2ccccc2)c(OCc2ccccc2)c([N+](=O)[O-])c1. The second kappa shape index (κ2) is 11.7. The highest BCUT2D eigenvalue weighted by atomic mass is 19.4. The number of nitro benzene ring substituents is 1. The second-order valence-corrected chi connectivity index (χ2v) is 8.49. The zero-order valence-corrected chi connectivity index (χ0v) is 20.3. The Balaban J connectivity index is 1.72. The lowest BCUT2D eigenvalue weighted by atomic mass is 9.95. The van der Waals surface area contributed by atoms with Crippen LogP contribution >= 0.6 is 0 Å². The fourth-order valence-corrected chi connectivity index (χ4v) is 3.84. The Bertz CT molecular complexity index is 1450. The van der Waals surface area contributed by atoms with Gasteiger partial charge in [-0.1, -0.05) is 60.7 Å². The van der Waals surface area contributed by atoms with Crippen LogP contribution in [0.1, 0.15) is 34.3 Å². The minimum Gasteiger partial charge on any atom is -0.485 e. The summed E-state index contributed by atoms with van der Waals surface area (Å²) >= 11 is 0. The summed E-state index contributed by atoms with van der Waals surface area (Å²) in [6, 6.07) is 19.8. The van der Waals surface area contributed by atoms with Crippen molar-refractivity contribution in [2.75, 3.05) is 0 Å². The number of benzene rings is 3. The maximum atomic E-state index is 13.4. The molecule has 39 heavy (non-hydrogen) atoms. The maximum Gasteiger partial charge on any atom is 0.433 e. The third-order valence-electron chi connectivity index (χ3n) is 5.74. The first-order valence-electron chi connectivity index (χ1n) is 11.7. The van der Waals surface area contributed by atoms with Crippen LogP contribution in [0.15, 0.2) is 89.1 Å². The topological polar surface area (TPSA) is 108 Å². The summed E-state index contributed by atoms with van der Waals surface area (Å²) in [6.07, 6.45) is -5.45. The van der Waals surface area contributed by atoms with E-state index in [9.17, 15) is 32.9 Å².